The smallest absolute Gasteiger partial charge is 0.411 e. The number of hydrogen-bond acceptors (Lipinski definition) is 4. The highest BCUT2D eigenvalue weighted by molar-refractivity contribution is 5.93. The lowest BCUT2D eigenvalue weighted by atomic mass is 9.98. The second-order valence-corrected chi connectivity index (χ2v) is 9.48. The van der Waals surface area contributed by atoms with E-state index in [1.807, 2.05) is 54.6 Å². The fourth-order valence-electron chi connectivity index (χ4n) is 4.88. The fourth-order valence-corrected chi connectivity index (χ4v) is 4.88. The van der Waals surface area contributed by atoms with Crippen LogP contribution in [-0.4, -0.2) is 41.1 Å². The van der Waals surface area contributed by atoms with Gasteiger partial charge in [0.15, 0.2) is 0 Å². The predicted octanol–water partition coefficient (Wildman–Crippen LogP) is 6.17. The van der Waals surface area contributed by atoms with E-state index in [1.54, 1.807) is 30.3 Å². The summed E-state index contributed by atoms with van der Waals surface area (Å²) in [5.74, 6) is -1.51. The van der Waals surface area contributed by atoms with Gasteiger partial charge in [0.2, 0.25) is 5.91 Å². The number of ether oxygens (including phenoxy) is 1. The fraction of sp³-hybridized carbons (Fsp3) is 0.121. The zero-order valence-corrected chi connectivity index (χ0v) is 21.7. The topological polar surface area (TPSA) is 95.9 Å². The van der Waals surface area contributed by atoms with Crippen LogP contribution >= 0.6 is 0 Å². The molecular weight excluding hydrogens is 504 g/mol. The SMILES string of the molecule is O=C(O)CN(Cc1ccccc1)C(=O)/C=C/c1ccc(NC(=O)OCC2c3ccccc3-c3ccccc32)cc1. The Kier molecular flexibility index (Phi) is 8.02. The quantitative estimate of drug-likeness (QED) is 0.251. The minimum absolute atomic E-state index is 0.0224. The van der Waals surface area contributed by atoms with Crippen molar-refractivity contribution >= 4 is 29.7 Å². The Balaban J connectivity index is 1.17. The summed E-state index contributed by atoms with van der Waals surface area (Å²) in [6.45, 7) is 0.0129. The third-order valence-corrected chi connectivity index (χ3v) is 6.77. The van der Waals surface area contributed by atoms with E-state index >= 15 is 0 Å². The highest BCUT2D eigenvalue weighted by atomic mass is 16.5. The number of carboxylic acids is 1. The van der Waals surface area contributed by atoms with Crippen LogP contribution < -0.4 is 5.32 Å². The maximum absolute atomic E-state index is 12.7. The second kappa shape index (κ2) is 12.1. The number of nitrogens with one attached hydrogen (secondary N) is 1. The van der Waals surface area contributed by atoms with Crippen LogP contribution in [0, 0.1) is 0 Å². The zero-order chi connectivity index (χ0) is 27.9. The van der Waals surface area contributed by atoms with E-state index in [0.29, 0.717) is 5.69 Å². The minimum Gasteiger partial charge on any atom is -0.480 e. The summed E-state index contributed by atoms with van der Waals surface area (Å²) >= 11 is 0. The number of hydrogen-bond donors (Lipinski definition) is 2. The van der Waals surface area contributed by atoms with Gasteiger partial charge in [-0.3, -0.25) is 14.9 Å². The van der Waals surface area contributed by atoms with Crippen LogP contribution in [0.1, 0.15) is 28.2 Å². The standard InChI is InChI=1S/C33H28N2O5/c36-31(35(21-32(37)38)20-24-8-2-1-3-9-24)19-16-23-14-17-25(18-15-23)34-33(39)40-22-30-28-12-6-4-10-26(28)27-11-5-7-13-29(27)30/h1-19,30H,20-22H2,(H,34,39)(H,37,38)/b19-16+. The Morgan fingerprint density at radius 3 is 2.02 bits per heavy atom. The van der Waals surface area contributed by atoms with E-state index in [9.17, 15) is 19.5 Å². The molecule has 1 aliphatic carbocycles. The van der Waals surface area contributed by atoms with Crippen LogP contribution in [0.2, 0.25) is 0 Å². The molecule has 7 heteroatoms. The monoisotopic (exact) mass is 532 g/mol. The third kappa shape index (κ3) is 6.27. The summed E-state index contributed by atoms with van der Waals surface area (Å²) in [6, 6.07) is 32.5. The summed E-state index contributed by atoms with van der Waals surface area (Å²) in [6.07, 6.45) is 2.41. The van der Waals surface area contributed by atoms with E-state index in [-0.39, 0.29) is 19.1 Å². The van der Waals surface area contributed by atoms with Crippen LogP contribution in [0.15, 0.2) is 109 Å². The van der Waals surface area contributed by atoms with Gasteiger partial charge in [0, 0.05) is 24.2 Å². The van der Waals surface area contributed by atoms with Crippen molar-refractivity contribution in [3.05, 3.63) is 131 Å². The maximum Gasteiger partial charge on any atom is 0.411 e. The highest BCUT2D eigenvalue weighted by Crippen LogP contribution is 2.44. The molecular formula is C33H28N2O5. The van der Waals surface area contributed by atoms with E-state index in [0.717, 1.165) is 22.3 Å². The Hall–Kier alpha value is -5.17. The van der Waals surface area contributed by atoms with Gasteiger partial charge in [0.25, 0.3) is 0 Å². The molecule has 200 valence electrons. The summed E-state index contributed by atoms with van der Waals surface area (Å²) in [5, 5.41) is 12.0. The van der Waals surface area contributed by atoms with Crippen molar-refractivity contribution in [3.8, 4) is 11.1 Å². The van der Waals surface area contributed by atoms with Gasteiger partial charge in [0.1, 0.15) is 13.2 Å². The second-order valence-electron chi connectivity index (χ2n) is 9.48. The van der Waals surface area contributed by atoms with Crippen molar-refractivity contribution in [2.45, 2.75) is 12.5 Å². The lowest BCUT2D eigenvalue weighted by molar-refractivity contribution is -0.143. The van der Waals surface area contributed by atoms with Gasteiger partial charge in [-0.2, -0.15) is 0 Å². The first-order valence-electron chi connectivity index (χ1n) is 12.9. The van der Waals surface area contributed by atoms with Crippen molar-refractivity contribution in [1.82, 2.24) is 4.90 Å². The third-order valence-electron chi connectivity index (χ3n) is 6.77. The van der Waals surface area contributed by atoms with Crippen molar-refractivity contribution < 1.29 is 24.2 Å². The van der Waals surface area contributed by atoms with E-state index in [4.69, 9.17) is 4.74 Å². The lowest BCUT2D eigenvalue weighted by Gasteiger charge is -2.19. The average molecular weight is 533 g/mol. The number of carbonyl (C=O) groups is 3. The van der Waals surface area contributed by atoms with Crippen LogP contribution in [0.5, 0.6) is 0 Å². The molecule has 0 aliphatic heterocycles. The molecule has 4 aromatic rings. The molecule has 40 heavy (non-hydrogen) atoms. The first kappa shape index (κ1) is 26.4. The molecule has 4 aromatic carbocycles. The first-order chi connectivity index (χ1) is 19.5. The molecule has 0 saturated heterocycles. The normalized spacial score (nSPS) is 12.0. The maximum atomic E-state index is 12.7. The molecule has 0 unspecified atom stereocenters. The number of carboxylic acid groups (broad SMARTS) is 1. The number of amides is 2. The molecule has 0 heterocycles. The summed E-state index contributed by atoms with van der Waals surface area (Å²) in [7, 11) is 0. The van der Waals surface area contributed by atoms with Gasteiger partial charge in [0.05, 0.1) is 0 Å². The molecule has 0 aromatic heterocycles. The molecule has 0 atom stereocenters. The number of rotatable bonds is 9. The average Bonchev–Trinajstić information content (AvgIpc) is 3.29. The largest absolute Gasteiger partial charge is 0.480 e. The number of aliphatic carboxylic acids is 1. The van der Waals surface area contributed by atoms with E-state index in [1.165, 1.54) is 22.1 Å². The van der Waals surface area contributed by atoms with Crippen molar-refractivity contribution in [2.24, 2.45) is 0 Å². The molecule has 2 amide bonds. The van der Waals surface area contributed by atoms with Crippen LogP contribution in [0.4, 0.5) is 10.5 Å². The van der Waals surface area contributed by atoms with E-state index < -0.39 is 24.5 Å². The summed E-state index contributed by atoms with van der Waals surface area (Å²) < 4.78 is 5.60. The lowest BCUT2D eigenvalue weighted by Crippen LogP contribution is -2.33. The molecule has 0 saturated carbocycles. The Labute approximate surface area is 232 Å². The molecule has 0 fully saturated rings. The molecule has 7 nitrogen and oxygen atoms in total. The van der Waals surface area contributed by atoms with Crippen molar-refractivity contribution in [2.75, 3.05) is 18.5 Å². The van der Waals surface area contributed by atoms with E-state index in [2.05, 4.69) is 29.6 Å². The van der Waals surface area contributed by atoms with Crippen LogP contribution in [-0.2, 0) is 20.9 Å². The van der Waals surface area contributed by atoms with Crippen molar-refractivity contribution in [3.63, 3.8) is 0 Å². The predicted molar refractivity (Wildman–Crippen MR) is 154 cm³/mol. The molecule has 1 aliphatic rings. The minimum atomic E-state index is -1.08. The number of nitrogens with zero attached hydrogens (tertiary/aromatic N) is 1. The van der Waals surface area contributed by atoms with Gasteiger partial charge in [-0.25, -0.2) is 4.79 Å². The number of carbonyl (C=O) groups excluding carboxylic acids is 2. The summed E-state index contributed by atoms with van der Waals surface area (Å²) in [5.41, 5.74) is 6.74. The molecule has 2 N–H and O–H groups in total. The van der Waals surface area contributed by atoms with Gasteiger partial charge < -0.3 is 14.7 Å². The molecule has 0 bridgehead atoms. The van der Waals surface area contributed by atoms with Gasteiger partial charge >= 0.3 is 12.1 Å². The Bertz CT molecular complexity index is 1500. The molecule has 0 radical (unpaired) electrons. The highest BCUT2D eigenvalue weighted by Gasteiger charge is 2.29. The molecule has 0 spiro atoms. The Morgan fingerprint density at radius 2 is 1.40 bits per heavy atom. The number of benzene rings is 4. The Morgan fingerprint density at radius 1 is 0.800 bits per heavy atom. The van der Waals surface area contributed by atoms with Crippen molar-refractivity contribution in [1.29, 1.82) is 0 Å². The number of fused-ring (bicyclic) bond motifs is 3. The van der Waals surface area contributed by atoms with Gasteiger partial charge in [-0.05, 0) is 51.6 Å². The van der Waals surface area contributed by atoms with Crippen LogP contribution in [0.3, 0.4) is 0 Å². The number of anilines is 1. The zero-order valence-electron chi connectivity index (χ0n) is 21.7. The van der Waals surface area contributed by atoms with Gasteiger partial charge in [-0.15, -0.1) is 0 Å². The van der Waals surface area contributed by atoms with Gasteiger partial charge in [-0.1, -0.05) is 91.0 Å². The first-order valence-corrected chi connectivity index (χ1v) is 12.9. The summed E-state index contributed by atoms with van der Waals surface area (Å²) in [4.78, 5) is 37.8. The van der Waals surface area contributed by atoms with Crippen LogP contribution in [0.25, 0.3) is 17.2 Å². The molecule has 5 rings (SSSR count).